The van der Waals surface area contributed by atoms with E-state index in [4.69, 9.17) is 19.1 Å². The molecule has 0 aliphatic carbocycles. The van der Waals surface area contributed by atoms with Crippen LogP contribution in [-0.4, -0.2) is 24.6 Å². The Balaban J connectivity index is 0.000000555. The van der Waals surface area contributed by atoms with Crippen LogP contribution in [0.2, 0.25) is 0 Å². The predicted molar refractivity (Wildman–Crippen MR) is 160 cm³/mol. The van der Waals surface area contributed by atoms with Gasteiger partial charge < -0.3 is 0 Å². The van der Waals surface area contributed by atoms with Crippen molar-refractivity contribution in [3.63, 3.8) is 0 Å². The average molecular weight is 624 g/mol. The minimum absolute atomic E-state index is 0.106. The monoisotopic (exact) mass is 622 g/mol. The summed E-state index contributed by atoms with van der Waals surface area (Å²) < 4.78 is 0. The molecule has 2 rings (SSSR count). The first kappa shape index (κ1) is 33.5. The third kappa shape index (κ3) is 18.5. The van der Waals surface area contributed by atoms with Gasteiger partial charge in [0.2, 0.25) is 0 Å². The Labute approximate surface area is 224 Å². The number of hydrogen-bond donors (Lipinski definition) is 0. The van der Waals surface area contributed by atoms with Crippen LogP contribution in [0.3, 0.4) is 0 Å². The molecule has 0 unspecified atom stereocenters. The van der Waals surface area contributed by atoms with Crippen LogP contribution in [0.15, 0.2) is 60.7 Å². The van der Waals surface area contributed by atoms with Crippen molar-refractivity contribution in [3.8, 4) is 0 Å². The first-order valence-electron chi connectivity index (χ1n) is 12.8. The molecule has 33 heavy (non-hydrogen) atoms. The average Bonchev–Trinajstić information content (AvgIpc) is 2.86. The normalized spacial score (nSPS) is 10.5. The van der Waals surface area contributed by atoms with Crippen molar-refractivity contribution in [2.45, 2.75) is 79.1 Å². The van der Waals surface area contributed by atoms with E-state index in [1.54, 1.807) is 10.6 Å². The van der Waals surface area contributed by atoms with Crippen LogP contribution in [0.5, 0.6) is 0 Å². The van der Waals surface area contributed by atoms with Crippen LogP contribution in [0.1, 0.15) is 79.1 Å². The predicted octanol–water partition coefficient (Wildman–Crippen LogP) is 9.63. The van der Waals surface area contributed by atoms with Crippen LogP contribution < -0.4 is 10.6 Å². The first-order valence-corrected chi connectivity index (χ1v) is 20.6. The van der Waals surface area contributed by atoms with Gasteiger partial charge in [-0.3, -0.25) is 0 Å². The van der Waals surface area contributed by atoms with Crippen molar-refractivity contribution in [1.82, 2.24) is 0 Å². The number of benzene rings is 2. The molecule has 2 aromatic carbocycles. The number of hydrogen-bond acceptors (Lipinski definition) is 0. The van der Waals surface area contributed by atoms with E-state index >= 15 is 0 Å². The Morgan fingerprint density at radius 2 is 0.758 bits per heavy atom. The van der Waals surface area contributed by atoms with Crippen LogP contribution >= 0.6 is 34.9 Å². The Bertz CT molecular complexity index is 557. The van der Waals surface area contributed by atoms with Crippen LogP contribution in [0.25, 0.3) is 0 Å². The third-order valence-corrected chi connectivity index (χ3v) is 11.8. The maximum absolute atomic E-state index is 4.81. The van der Waals surface area contributed by atoms with Gasteiger partial charge >= 0.3 is 35.0 Å². The van der Waals surface area contributed by atoms with Crippen LogP contribution in [0.4, 0.5) is 0 Å². The molecule has 0 spiro atoms. The van der Waals surface area contributed by atoms with Crippen molar-refractivity contribution in [2.24, 2.45) is 0 Å². The first-order chi connectivity index (χ1) is 16.2. The molecule has 0 bridgehead atoms. The topological polar surface area (TPSA) is 0 Å². The Kier molecular flexibility index (Phi) is 26.1. The zero-order chi connectivity index (χ0) is 24.6. The van der Waals surface area contributed by atoms with Gasteiger partial charge in [0.05, 0.1) is 35.3 Å². The van der Waals surface area contributed by atoms with Crippen molar-refractivity contribution in [1.29, 1.82) is 0 Å². The van der Waals surface area contributed by atoms with Crippen molar-refractivity contribution < 1.29 is 15.9 Å². The second-order valence-electron chi connectivity index (χ2n) is 8.40. The van der Waals surface area contributed by atoms with E-state index < -0.39 is 0 Å². The van der Waals surface area contributed by atoms with Crippen LogP contribution in [-0.2, 0) is 15.9 Å². The Hall–Kier alpha value is 0.542. The second-order valence-corrected chi connectivity index (χ2v) is 16.3. The van der Waals surface area contributed by atoms with E-state index in [1.807, 2.05) is 0 Å². The van der Waals surface area contributed by atoms with E-state index in [-0.39, 0.29) is 31.8 Å². The molecule has 192 valence electrons. The second kappa shape index (κ2) is 25.6. The van der Waals surface area contributed by atoms with Gasteiger partial charge in [0, 0.05) is 15.8 Å². The molecular weight excluding hydrogens is 576 g/mol. The summed E-state index contributed by atoms with van der Waals surface area (Å²) in [5.74, 6) is 0. The van der Waals surface area contributed by atoms with Gasteiger partial charge in [0.1, 0.15) is 0 Å². The van der Waals surface area contributed by atoms with E-state index in [1.165, 1.54) is 76.0 Å². The Morgan fingerprint density at radius 3 is 0.970 bits per heavy atom. The molecule has 0 radical (unpaired) electrons. The summed E-state index contributed by atoms with van der Waals surface area (Å²) >= 11 is -0.106. The quantitative estimate of drug-likeness (QED) is 0.145. The Morgan fingerprint density at radius 1 is 0.515 bits per heavy atom. The summed E-state index contributed by atoms with van der Waals surface area (Å²) in [6, 6.07) is 22.4. The fraction of sp³-hybridized carbons (Fsp3) is 0.571. The molecule has 0 N–H and O–H groups in total. The third-order valence-electron chi connectivity index (χ3n) is 5.69. The van der Waals surface area contributed by atoms with Gasteiger partial charge in [0.25, 0.3) is 0 Å². The molecule has 0 atom stereocenters. The molecule has 0 aromatic heterocycles. The fourth-order valence-corrected chi connectivity index (χ4v) is 9.84. The van der Waals surface area contributed by atoms with Gasteiger partial charge in [-0.1, -0.05) is 89.8 Å². The molecule has 0 aliphatic heterocycles. The standard InChI is InChI=1S/2C14H23P.2ClH.Pd/c2*1-3-5-12-15(13-6-4-2)14-10-8-7-9-11-14;;;/h2*7-11H,3-6,12-13H2,1-2H3;2*1H;/q;;;;+2. The van der Waals surface area contributed by atoms with Gasteiger partial charge in [-0.05, 0) is 49.9 Å². The molecule has 0 amide bonds. The van der Waals surface area contributed by atoms with Crippen LogP contribution in [0, 0.1) is 0 Å². The number of rotatable bonds is 14. The summed E-state index contributed by atoms with van der Waals surface area (Å²) in [6.45, 7) is 9.18. The maximum atomic E-state index is 4.81. The van der Waals surface area contributed by atoms with Gasteiger partial charge in [-0.15, -0.1) is 0 Å². The van der Waals surface area contributed by atoms with Gasteiger partial charge in [-0.2, -0.15) is 0 Å². The summed E-state index contributed by atoms with van der Waals surface area (Å²) in [7, 11) is 9.13. The van der Waals surface area contributed by atoms with E-state index in [9.17, 15) is 0 Å². The molecule has 5 heteroatoms. The molecule has 0 saturated carbocycles. The molecule has 2 aromatic rings. The zero-order valence-corrected chi connectivity index (χ0v) is 26.4. The number of unbranched alkanes of at least 4 members (excludes halogenated alkanes) is 4. The summed E-state index contributed by atoms with van der Waals surface area (Å²) in [4.78, 5) is 0. The molecule has 0 fully saturated rings. The fourth-order valence-electron chi connectivity index (χ4n) is 3.74. The summed E-state index contributed by atoms with van der Waals surface area (Å²) in [5.41, 5.74) is 0. The minimum atomic E-state index is -0.247. The van der Waals surface area contributed by atoms with Gasteiger partial charge in [-0.25, -0.2) is 0 Å². The SMILES string of the molecule is CCCC[PH+](CCCC)c1ccccc1.CCCC[PH+](CCCC)c1ccccc1.[Cl][Pd][Cl]. The summed E-state index contributed by atoms with van der Waals surface area (Å²) in [6.07, 6.45) is 16.9. The molecule has 0 heterocycles. The number of halogens is 2. The van der Waals surface area contributed by atoms with Gasteiger partial charge in [0.15, 0.2) is 0 Å². The zero-order valence-electron chi connectivity index (χ0n) is 21.3. The molecular formula is C28H48Cl2P2Pd+2. The van der Waals surface area contributed by atoms with Crippen molar-refractivity contribution in [2.75, 3.05) is 24.6 Å². The molecule has 0 aliphatic rings. The molecule has 0 nitrogen and oxygen atoms in total. The van der Waals surface area contributed by atoms with E-state index in [0.29, 0.717) is 0 Å². The van der Waals surface area contributed by atoms with E-state index in [0.717, 1.165) is 0 Å². The molecule has 0 saturated heterocycles. The van der Waals surface area contributed by atoms with Crippen molar-refractivity contribution in [3.05, 3.63) is 60.7 Å². The van der Waals surface area contributed by atoms with E-state index in [2.05, 4.69) is 88.4 Å². The summed E-state index contributed by atoms with van der Waals surface area (Å²) in [5, 5.41) is 3.29. The van der Waals surface area contributed by atoms with Crippen molar-refractivity contribution >= 4 is 45.5 Å².